The van der Waals surface area contributed by atoms with E-state index in [1.807, 2.05) is 28.9 Å². The Balaban J connectivity index is 0.00000208. The fourth-order valence-electron chi connectivity index (χ4n) is 2.94. The summed E-state index contributed by atoms with van der Waals surface area (Å²) in [6.45, 7) is 6.02. The van der Waals surface area contributed by atoms with Crippen molar-refractivity contribution in [2.24, 2.45) is 0 Å². The van der Waals surface area contributed by atoms with Gasteiger partial charge in [-0.05, 0) is 64.0 Å². The molecule has 24 heavy (non-hydrogen) atoms. The fraction of sp³-hybridized carbons (Fsp3) is 0.529. The number of hydrogen-bond donors (Lipinski definition) is 2. The van der Waals surface area contributed by atoms with Crippen LogP contribution in [0.2, 0.25) is 5.02 Å². The number of nitrogens with zero attached hydrogens (tertiary/aromatic N) is 3. The van der Waals surface area contributed by atoms with E-state index in [-0.39, 0.29) is 12.4 Å². The summed E-state index contributed by atoms with van der Waals surface area (Å²) in [5.41, 5.74) is 0.117. The highest BCUT2D eigenvalue weighted by Gasteiger charge is 2.25. The molecule has 132 valence electrons. The van der Waals surface area contributed by atoms with Crippen LogP contribution in [0.5, 0.6) is 0 Å². The molecule has 1 aromatic carbocycles. The Labute approximate surface area is 153 Å². The second kappa shape index (κ2) is 7.83. The van der Waals surface area contributed by atoms with Crippen LogP contribution in [0.1, 0.15) is 38.4 Å². The highest BCUT2D eigenvalue weighted by molar-refractivity contribution is 6.30. The number of nitrogens with one attached hydrogen (secondary N) is 1. The largest absolute Gasteiger partial charge is 0.389 e. The van der Waals surface area contributed by atoms with Gasteiger partial charge in [-0.1, -0.05) is 11.6 Å². The average Bonchev–Trinajstić information content (AvgIpc) is 2.90. The molecule has 1 saturated heterocycles. The highest BCUT2D eigenvalue weighted by atomic mass is 35.5. The first-order chi connectivity index (χ1) is 10.9. The molecule has 0 unspecified atom stereocenters. The highest BCUT2D eigenvalue weighted by Crippen LogP contribution is 2.27. The summed E-state index contributed by atoms with van der Waals surface area (Å²) in [5, 5.41) is 18.9. The van der Waals surface area contributed by atoms with Gasteiger partial charge in [-0.2, -0.15) is 5.10 Å². The summed E-state index contributed by atoms with van der Waals surface area (Å²) in [4.78, 5) is 4.79. The molecule has 2 N–H and O–H groups in total. The Kier molecular flexibility index (Phi) is 6.26. The molecule has 0 saturated carbocycles. The van der Waals surface area contributed by atoms with Gasteiger partial charge in [0, 0.05) is 16.5 Å². The molecule has 3 rings (SSSR count). The lowest BCUT2D eigenvalue weighted by Gasteiger charge is -2.24. The van der Waals surface area contributed by atoms with Gasteiger partial charge in [-0.25, -0.2) is 9.67 Å². The number of piperidine rings is 1. The van der Waals surface area contributed by atoms with Crippen molar-refractivity contribution in [1.29, 1.82) is 0 Å². The molecular formula is C17H24Cl2N4O. The Morgan fingerprint density at radius 1 is 1.25 bits per heavy atom. The topological polar surface area (TPSA) is 63.0 Å². The van der Waals surface area contributed by atoms with Gasteiger partial charge in [0.15, 0.2) is 5.82 Å². The molecule has 0 aliphatic carbocycles. The monoisotopic (exact) mass is 370 g/mol. The molecule has 1 aromatic heterocycles. The first-order valence-corrected chi connectivity index (χ1v) is 8.44. The van der Waals surface area contributed by atoms with Crippen molar-refractivity contribution in [2.45, 2.75) is 44.8 Å². The van der Waals surface area contributed by atoms with Crippen LogP contribution in [0.4, 0.5) is 0 Å². The lowest BCUT2D eigenvalue weighted by molar-refractivity contribution is 0.0561. The Bertz CT molecular complexity index is 658. The summed E-state index contributed by atoms with van der Waals surface area (Å²) < 4.78 is 1.87. The van der Waals surface area contributed by atoms with E-state index in [0.29, 0.717) is 23.3 Å². The number of aliphatic hydroxyl groups is 1. The molecule has 0 bridgehead atoms. The predicted molar refractivity (Wildman–Crippen MR) is 98.9 cm³/mol. The van der Waals surface area contributed by atoms with Crippen LogP contribution in [-0.4, -0.2) is 38.6 Å². The molecule has 1 fully saturated rings. The third-order valence-electron chi connectivity index (χ3n) is 4.04. The maximum atomic E-state index is 10.2. The zero-order valence-corrected chi connectivity index (χ0v) is 15.6. The third-order valence-corrected chi connectivity index (χ3v) is 4.30. The number of aromatic nitrogens is 3. The number of benzene rings is 1. The summed E-state index contributed by atoms with van der Waals surface area (Å²) in [6, 6.07) is 7.55. The van der Waals surface area contributed by atoms with Crippen LogP contribution in [0, 0.1) is 0 Å². The summed E-state index contributed by atoms with van der Waals surface area (Å²) in [6.07, 6.45) is 2.09. The number of rotatable bonds is 4. The maximum Gasteiger partial charge on any atom is 0.181 e. The molecule has 1 aliphatic rings. The van der Waals surface area contributed by atoms with Crippen LogP contribution in [0.25, 0.3) is 11.4 Å². The standard InChI is InChI=1S/C17H23ClN4O.ClH/c1-17(2,23)11-22-16(13-7-9-19-10-8-13)20-15(21-22)12-3-5-14(18)6-4-12;/h3-6,13,19,23H,7-11H2,1-2H3;1H. The molecule has 0 atom stereocenters. The fourth-order valence-corrected chi connectivity index (χ4v) is 3.07. The molecule has 0 amide bonds. The SMILES string of the molecule is CC(C)(O)Cn1nc(-c2ccc(Cl)cc2)nc1C1CCNCC1.Cl. The summed E-state index contributed by atoms with van der Waals surface area (Å²) in [7, 11) is 0. The predicted octanol–water partition coefficient (Wildman–Crippen LogP) is 3.26. The van der Waals surface area contributed by atoms with Crippen LogP contribution in [0.3, 0.4) is 0 Å². The Morgan fingerprint density at radius 3 is 2.46 bits per heavy atom. The Morgan fingerprint density at radius 2 is 1.88 bits per heavy atom. The second-order valence-electron chi connectivity index (χ2n) is 6.79. The van der Waals surface area contributed by atoms with Gasteiger partial charge in [0.25, 0.3) is 0 Å². The van der Waals surface area contributed by atoms with Crippen LogP contribution in [0.15, 0.2) is 24.3 Å². The van der Waals surface area contributed by atoms with Crippen molar-refractivity contribution in [2.75, 3.05) is 13.1 Å². The van der Waals surface area contributed by atoms with E-state index in [9.17, 15) is 5.11 Å². The molecule has 7 heteroatoms. The van der Waals surface area contributed by atoms with Gasteiger partial charge in [0.1, 0.15) is 5.82 Å². The zero-order chi connectivity index (χ0) is 16.4. The van der Waals surface area contributed by atoms with E-state index >= 15 is 0 Å². The third kappa shape index (κ3) is 4.70. The van der Waals surface area contributed by atoms with Crippen LogP contribution >= 0.6 is 24.0 Å². The first kappa shape index (κ1) is 19.2. The van der Waals surface area contributed by atoms with Gasteiger partial charge in [-0.15, -0.1) is 12.4 Å². The van der Waals surface area contributed by atoms with Crippen LogP contribution in [-0.2, 0) is 6.54 Å². The molecule has 2 heterocycles. The second-order valence-corrected chi connectivity index (χ2v) is 7.23. The van der Waals surface area contributed by atoms with E-state index in [1.54, 1.807) is 13.8 Å². The van der Waals surface area contributed by atoms with Gasteiger partial charge in [0.05, 0.1) is 12.1 Å². The van der Waals surface area contributed by atoms with Crippen LogP contribution < -0.4 is 5.32 Å². The minimum atomic E-state index is -0.827. The zero-order valence-electron chi connectivity index (χ0n) is 14.0. The minimum absolute atomic E-state index is 0. The van der Waals surface area contributed by atoms with Crippen molar-refractivity contribution < 1.29 is 5.11 Å². The lowest BCUT2D eigenvalue weighted by Crippen LogP contribution is -2.31. The molecule has 1 aliphatic heterocycles. The van der Waals surface area contributed by atoms with Crippen molar-refractivity contribution in [3.8, 4) is 11.4 Å². The number of halogens is 2. The van der Waals surface area contributed by atoms with E-state index in [4.69, 9.17) is 16.6 Å². The van der Waals surface area contributed by atoms with E-state index in [1.165, 1.54) is 0 Å². The molecular weight excluding hydrogens is 347 g/mol. The molecule has 0 spiro atoms. The van der Waals surface area contributed by atoms with Crippen molar-refractivity contribution >= 4 is 24.0 Å². The molecule has 0 radical (unpaired) electrons. The van der Waals surface area contributed by atoms with Crippen molar-refractivity contribution in [1.82, 2.24) is 20.1 Å². The smallest absolute Gasteiger partial charge is 0.181 e. The van der Waals surface area contributed by atoms with Gasteiger partial charge >= 0.3 is 0 Å². The van der Waals surface area contributed by atoms with E-state index < -0.39 is 5.60 Å². The lowest BCUT2D eigenvalue weighted by atomic mass is 9.97. The summed E-state index contributed by atoms with van der Waals surface area (Å²) in [5.74, 6) is 2.05. The van der Waals surface area contributed by atoms with Gasteiger partial charge < -0.3 is 10.4 Å². The van der Waals surface area contributed by atoms with E-state index in [2.05, 4.69) is 10.4 Å². The first-order valence-electron chi connectivity index (χ1n) is 8.06. The quantitative estimate of drug-likeness (QED) is 0.866. The van der Waals surface area contributed by atoms with Gasteiger partial charge in [0.2, 0.25) is 0 Å². The number of hydrogen-bond acceptors (Lipinski definition) is 4. The van der Waals surface area contributed by atoms with E-state index in [0.717, 1.165) is 37.3 Å². The minimum Gasteiger partial charge on any atom is -0.389 e. The average molecular weight is 371 g/mol. The summed E-state index contributed by atoms with van der Waals surface area (Å²) >= 11 is 5.96. The Hall–Kier alpha value is -1.14. The normalized spacial score (nSPS) is 16.0. The van der Waals surface area contributed by atoms with Crippen molar-refractivity contribution in [3.05, 3.63) is 35.1 Å². The maximum absolute atomic E-state index is 10.2. The molecule has 5 nitrogen and oxygen atoms in total. The van der Waals surface area contributed by atoms with Crippen molar-refractivity contribution in [3.63, 3.8) is 0 Å². The van der Waals surface area contributed by atoms with Gasteiger partial charge in [-0.3, -0.25) is 0 Å². The molecule has 2 aromatic rings.